The second-order valence-corrected chi connectivity index (χ2v) is 6.57. The highest BCUT2D eigenvalue weighted by Crippen LogP contribution is 2.31. The lowest BCUT2D eigenvalue weighted by atomic mass is 9.78. The van der Waals surface area contributed by atoms with Gasteiger partial charge >= 0.3 is 5.97 Å². The molecule has 0 spiro atoms. The number of nitrogens with one attached hydrogen (secondary N) is 1. The van der Waals surface area contributed by atoms with Crippen LogP contribution in [0.15, 0.2) is 12.3 Å². The van der Waals surface area contributed by atoms with Gasteiger partial charge < -0.3 is 19.2 Å². The van der Waals surface area contributed by atoms with E-state index in [1.807, 2.05) is 0 Å². The van der Waals surface area contributed by atoms with Gasteiger partial charge in [-0.05, 0) is 13.0 Å². The third-order valence-electron chi connectivity index (χ3n) is 4.14. The van der Waals surface area contributed by atoms with E-state index < -0.39 is 28.6 Å². The molecule has 0 radical (unpaired) electrons. The highest BCUT2D eigenvalue weighted by atomic mass is 16.7. The molecule has 26 heavy (non-hydrogen) atoms. The molecule has 0 saturated heterocycles. The molecule has 0 saturated carbocycles. The summed E-state index contributed by atoms with van der Waals surface area (Å²) in [5, 5.41) is 11.6. The number of rotatable bonds is 11. The number of aromatic nitrogens is 1. The lowest BCUT2D eigenvalue weighted by Gasteiger charge is -2.28. The van der Waals surface area contributed by atoms with E-state index in [4.69, 9.17) is 14.2 Å². The van der Waals surface area contributed by atoms with Gasteiger partial charge in [0.1, 0.15) is 0 Å². The van der Waals surface area contributed by atoms with Crippen molar-refractivity contribution in [1.82, 2.24) is 4.98 Å². The van der Waals surface area contributed by atoms with Crippen molar-refractivity contribution in [2.24, 2.45) is 5.41 Å². The predicted octanol–water partition coefficient (Wildman–Crippen LogP) is 1.98. The maximum Gasteiger partial charge on any atom is 0.339 e. The Hall–Kier alpha value is -2.26. The van der Waals surface area contributed by atoms with Gasteiger partial charge in [-0.3, -0.25) is 14.9 Å². The molecule has 1 aromatic heterocycles. The molecule has 9 heteroatoms. The average molecular weight is 370 g/mol. The number of aromatic amines is 1. The lowest BCUT2D eigenvalue weighted by molar-refractivity contribution is -0.540. The third kappa shape index (κ3) is 5.63. The fourth-order valence-electron chi connectivity index (χ4n) is 2.75. The fourth-order valence-corrected chi connectivity index (χ4v) is 2.75. The van der Waals surface area contributed by atoms with Gasteiger partial charge in [-0.25, -0.2) is 4.79 Å². The van der Waals surface area contributed by atoms with Crippen LogP contribution < -0.4 is 0 Å². The Kier molecular flexibility index (Phi) is 7.91. The summed E-state index contributed by atoms with van der Waals surface area (Å²) in [6.45, 7) is 5.24. The number of esters is 1. The van der Waals surface area contributed by atoms with Gasteiger partial charge in [0.15, 0.2) is 5.78 Å². The predicted molar refractivity (Wildman–Crippen MR) is 92.4 cm³/mol. The van der Waals surface area contributed by atoms with Gasteiger partial charge in [0, 0.05) is 42.9 Å². The zero-order chi connectivity index (χ0) is 19.9. The number of H-pyrrole nitrogens is 1. The van der Waals surface area contributed by atoms with E-state index in [0.717, 1.165) is 0 Å². The van der Waals surface area contributed by atoms with Crippen molar-refractivity contribution in [2.75, 3.05) is 20.8 Å². The highest BCUT2D eigenvalue weighted by Gasteiger charge is 2.42. The van der Waals surface area contributed by atoms with E-state index in [2.05, 4.69) is 4.98 Å². The van der Waals surface area contributed by atoms with Crippen LogP contribution in [-0.2, 0) is 25.4 Å². The summed E-state index contributed by atoms with van der Waals surface area (Å²) < 4.78 is 14.7. The van der Waals surface area contributed by atoms with Gasteiger partial charge in [-0.2, -0.15) is 0 Å². The van der Waals surface area contributed by atoms with Gasteiger partial charge in [0.2, 0.25) is 12.3 Å². The summed E-state index contributed by atoms with van der Waals surface area (Å²) >= 11 is 0. The topological polar surface area (TPSA) is 121 Å². The molecule has 1 aromatic rings. The van der Waals surface area contributed by atoms with Crippen molar-refractivity contribution in [1.29, 1.82) is 0 Å². The summed E-state index contributed by atoms with van der Waals surface area (Å²) in [5.41, 5.74) is -0.132. The number of ketones is 1. The molecular formula is C17H26N2O7. The van der Waals surface area contributed by atoms with Crippen molar-refractivity contribution in [3.63, 3.8) is 0 Å². The Balaban J connectivity index is 2.92. The Morgan fingerprint density at radius 3 is 2.42 bits per heavy atom. The fraction of sp³-hybridized carbons (Fsp3) is 0.647. The molecule has 0 aromatic carbocycles. The van der Waals surface area contributed by atoms with Crippen LogP contribution in [-0.4, -0.2) is 54.8 Å². The van der Waals surface area contributed by atoms with Crippen molar-refractivity contribution >= 4 is 11.8 Å². The first-order valence-corrected chi connectivity index (χ1v) is 8.22. The molecule has 0 amide bonds. The molecule has 9 nitrogen and oxygen atoms in total. The number of methoxy groups -OCH3 is 2. The largest absolute Gasteiger partial charge is 0.462 e. The van der Waals surface area contributed by atoms with E-state index >= 15 is 0 Å². The molecule has 0 bridgehead atoms. The van der Waals surface area contributed by atoms with E-state index in [1.165, 1.54) is 26.5 Å². The Morgan fingerprint density at radius 2 is 1.92 bits per heavy atom. The molecule has 0 aliphatic carbocycles. The van der Waals surface area contributed by atoms with Crippen LogP contribution in [0.2, 0.25) is 0 Å². The molecule has 1 atom stereocenters. The number of hydrogen-bond donors (Lipinski definition) is 1. The van der Waals surface area contributed by atoms with Crippen LogP contribution in [0.25, 0.3) is 0 Å². The first-order valence-electron chi connectivity index (χ1n) is 8.22. The monoisotopic (exact) mass is 370 g/mol. The van der Waals surface area contributed by atoms with Crippen LogP contribution in [0.1, 0.15) is 43.2 Å². The number of carbonyl (C=O) groups is 2. The van der Waals surface area contributed by atoms with Crippen LogP contribution >= 0.6 is 0 Å². The Morgan fingerprint density at radius 1 is 1.31 bits per heavy atom. The molecule has 146 valence electrons. The minimum atomic E-state index is -1.05. The van der Waals surface area contributed by atoms with Crippen LogP contribution in [0, 0.1) is 15.5 Å². The molecule has 1 unspecified atom stereocenters. The summed E-state index contributed by atoms with van der Waals surface area (Å²) in [6, 6.07) is 0.481. The molecular weight excluding hydrogens is 344 g/mol. The van der Waals surface area contributed by atoms with Gasteiger partial charge in [0.05, 0.1) is 18.6 Å². The SMILES string of the molecule is CCOC(=O)c1c[nH]c(CC([N+](=O)[O-])C(C)(C)CC(=O)C(OC)OC)c1. The average Bonchev–Trinajstić information content (AvgIpc) is 3.02. The number of carbonyl (C=O) groups excluding carboxylic acids is 2. The summed E-state index contributed by atoms with van der Waals surface area (Å²) in [5.74, 6) is -0.865. The number of hydrogen-bond acceptors (Lipinski definition) is 7. The first-order chi connectivity index (χ1) is 12.2. The van der Waals surface area contributed by atoms with Crippen molar-refractivity contribution in [2.45, 2.75) is 45.9 Å². The van der Waals surface area contributed by atoms with E-state index in [0.29, 0.717) is 11.3 Å². The maximum atomic E-state index is 12.2. The van der Waals surface area contributed by atoms with E-state index in [1.54, 1.807) is 20.8 Å². The molecule has 0 fully saturated rings. The molecule has 0 aliphatic heterocycles. The summed E-state index contributed by atoms with van der Waals surface area (Å²) in [4.78, 5) is 38.0. The molecule has 1 rings (SSSR count). The Bertz CT molecular complexity index is 635. The second-order valence-electron chi connectivity index (χ2n) is 6.57. The third-order valence-corrected chi connectivity index (χ3v) is 4.14. The number of nitro groups is 1. The number of nitrogens with zero attached hydrogens (tertiary/aromatic N) is 1. The zero-order valence-corrected chi connectivity index (χ0v) is 15.7. The molecule has 1 heterocycles. The normalized spacial score (nSPS) is 12.8. The number of Topliss-reactive ketones (excluding diaryl/α,β-unsaturated/α-hetero) is 1. The summed E-state index contributed by atoms with van der Waals surface area (Å²) in [7, 11) is 2.67. The molecule has 1 N–H and O–H groups in total. The van der Waals surface area contributed by atoms with Crippen molar-refractivity contribution in [3.05, 3.63) is 33.6 Å². The Labute approximate surface area is 152 Å². The van der Waals surface area contributed by atoms with Gasteiger partial charge in [-0.15, -0.1) is 0 Å². The smallest absolute Gasteiger partial charge is 0.339 e. The van der Waals surface area contributed by atoms with E-state index in [9.17, 15) is 19.7 Å². The van der Waals surface area contributed by atoms with Gasteiger partial charge in [-0.1, -0.05) is 13.8 Å². The standard InChI is InChI=1S/C17H26N2O7/c1-6-26-15(21)11-7-12(18-10-11)8-14(19(22)23)17(2,3)9-13(20)16(24-4)25-5/h7,10,14,16,18H,6,8-9H2,1-5H3. The quantitative estimate of drug-likeness (QED) is 0.274. The summed E-state index contributed by atoms with van der Waals surface area (Å²) in [6.07, 6.45) is 0.352. The zero-order valence-electron chi connectivity index (χ0n) is 15.7. The molecule has 0 aliphatic rings. The van der Waals surface area contributed by atoms with Crippen molar-refractivity contribution < 1.29 is 28.7 Å². The van der Waals surface area contributed by atoms with Crippen LogP contribution in [0.3, 0.4) is 0 Å². The van der Waals surface area contributed by atoms with Crippen LogP contribution in [0.4, 0.5) is 0 Å². The van der Waals surface area contributed by atoms with Gasteiger partial charge in [0.25, 0.3) is 0 Å². The minimum Gasteiger partial charge on any atom is -0.462 e. The lowest BCUT2D eigenvalue weighted by Crippen LogP contribution is -2.42. The number of ether oxygens (including phenoxy) is 3. The maximum absolute atomic E-state index is 12.2. The van der Waals surface area contributed by atoms with E-state index in [-0.39, 0.29) is 25.2 Å². The minimum absolute atomic E-state index is 0.0390. The van der Waals surface area contributed by atoms with Crippen molar-refractivity contribution in [3.8, 4) is 0 Å². The first kappa shape index (κ1) is 21.8. The second kappa shape index (κ2) is 9.44. The highest BCUT2D eigenvalue weighted by molar-refractivity contribution is 5.89. The van der Waals surface area contributed by atoms with Crippen LogP contribution in [0.5, 0.6) is 0 Å².